The Kier molecular flexibility index (Phi) is 3.70. The summed E-state index contributed by atoms with van der Waals surface area (Å²) in [6.45, 7) is 2.27. The number of halogens is 1. The third-order valence-electron chi connectivity index (χ3n) is 3.10. The van der Waals surface area contributed by atoms with E-state index in [1.54, 1.807) is 7.11 Å². The van der Waals surface area contributed by atoms with Crippen molar-refractivity contribution >= 4 is 23.4 Å². The summed E-state index contributed by atoms with van der Waals surface area (Å²) < 4.78 is 5.13. The zero-order valence-corrected chi connectivity index (χ0v) is 11.3. The van der Waals surface area contributed by atoms with Crippen molar-refractivity contribution in [3.05, 3.63) is 29.8 Å². The standard InChI is InChI=1S/C13H17ClOS/c1-13(7-12(13)14)9-16-8-10-3-5-11(15-2)6-4-10/h3-6,12H,7-9H2,1-2H3/t12-,13+/m0/s1. The van der Waals surface area contributed by atoms with Crippen LogP contribution in [0.3, 0.4) is 0 Å². The van der Waals surface area contributed by atoms with Gasteiger partial charge in [-0.2, -0.15) is 11.8 Å². The Hall–Kier alpha value is -0.340. The van der Waals surface area contributed by atoms with Gasteiger partial charge in [-0.1, -0.05) is 19.1 Å². The lowest BCUT2D eigenvalue weighted by Crippen LogP contribution is -2.01. The largest absolute Gasteiger partial charge is 0.497 e. The van der Waals surface area contributed by atoms with Crippen molar-refractivity contribution in [2.45, 2.75) is 24.5 Å². The average molecular weight is 257 g/mol. The summed E-state index contributed by atoms with van der Waals surface area (Å²) in [6.07, 6.45) is 1.17. The molecule has 0 spiro atoms. The Morgan fingerprint density at radius 1 is 1.44 bits per heavy atom. The molecular weight excluding hydrogens is 240 g/mol. The van der Waals surface area contributed by atoms with Crippen molar-refractivity contribution < 1.29 is 4.74 Å². The first-order chi connectivity index (χ1) is 7.64. The van der Waals surface area contributed by atoms with Gasteiger partial charge in [0.1, 0.15) is 5.75 Å². The maximum atomic E-state index is 6.08. The number of methoxy groups -OCH3 is 1. The van der Waals surface area contributed by atoms with Gasteiger partial charge >= 0.3 is 0 Å². The van der Waals surface area contributed by atoms with Gasteiger partial charge < -0.3 is 4.74 Å². The van der Waals surface area contributed by atoms with Crippen molar-refractivity contribution in [2.24, 2.45) is 5.41 Å². The number of hydrogen-bond acceptors (Lipinski definition) is 2. The van der Waals surface area contributed by atoms with Gasteiger partial charge in [0.05, 0.1) is 7.11 Å². The van der Waals surface area contributed by atoms with Crippen LogP contribution in [0.15, 0.2) is 24.3 Å². The van der Waals surface area contributed by atoms with Gasteiger partial charge in [0.15, 0.2) is 0 Å². The van der Waals surface area contributed by atoms with E-state index in [1.807, 2.05) is 23.9 Å². The third kappa shape index (κ3) is 2.86. The van der Waals surface area contributed by atoms with Gasteiger partial charge in [0.25, 0.3) is 0 Å². The molecule has 0 unspecified atom stereocenters. The fraction of sp³-hybridized carbons (Fsp3) is 0.538. The number of ether oxygens (including phenoxy) is 1. The molecule has 1 aromatic rings. The van der Waals surface area contributed by atoms with Crippen LogP contribution >= 0.6 is 23.4 Å². The quantitative estimate of drug-likeness (QED) is 0.738. The zero-order chi connectivity index (χ0) is 11.6. The average Bonchev–Trinajstić information content (AvgIpc) is 2.88. The van der Waals surface area contributed by atoms with Gasteiger partial charge in [-0.15, -0.1) is 11.6 Å². The molecule has 0 aromatic heterocycles. The normalized spacial score (nSPS) is 27.8. The van der Waals surface area contributed by atoms with Crippen molar-refractivity contribution in [3.63, 3.8) is 0 Å². The predicted molar refractivity (Wildman–Crippen MR) is 71.5 cm³/mol. The lowest BCUT2D eigenvalue weighted by molar-refractivity contribution is 0.414. The molecule has 0 aliphatic heterocycles. The Bertz CT molecular complexity index is 351. The lowest BCUT2D eigenvalue weighted by Gasteiger charge is -2.08. The number of benzene rings is 1. The SMILES string of the molecule is COc1ccc(CSC[C@@]2(C)C[C@@H]2Cl)cc1. The molecule has 88 valence electrons. The number of thioether (sulfide) groups is 1. The molecule has 16 heavy (non-hydrogen) atoms. The summed E-state index contributed by atoms with van der Waals surface area (Å²) in [5.41, 5.74) is 1.74. The van der Waals surface area contributed by atoms with Crippen LogP contribution in [0.2, 0.25) is 0 Å². The van der Waals surface area contributed by atoms with E-state index in [-0.39, 0.29) is 0 Å². The van der Waals surface area contributed by atoms with Crippen molar-refractivity contribution in [2.75, 3.05) is 12.9 Å². The van der Waals surface area contributed by atoms with Gasteiger partial charge in [0.2, 0.25) is 0 Å². The molecule has 0 heterocycles. The maximum absolute atomic E-state index is 6.08. The van der Waals surface area contributed by atoms with Crippen LogP contribution in [0.25, 0.3) is 0 Å². The van der Waals surface area contributed by atoms with E-state index in [0.717, 1.165) is 17.3 Å². The molecule has 1 saturated carbocycles. The Balaban J connectivity index is 1.77. The third-order valence-corrected chi connectivity index (χ3v) is 5.18. The smallest absolute Gasteiger partial charge is 0.118 e. The first-order valence-electron chi connectivity index (χ1n) is 5.49. The van der Waals surface area contributed by atoms with Crippen LogP contribution < -0.4 is 4.74 Å². The first-order valence-corrected chi connectivity index (χ1v) is 7.08. The van der Waals surface area contributed by atoms with E-state index < -0.39 is 0 Å². The van der Waals surface area contributed by atoms with Gasteiger partial charge in [0, 0.05) is 16.9 Å². The molecule has 2 atom stereocenters. The van der Waals surface area contributed by atoms with Crippen LogP contribution in [0.4, 0.5) is 0 Å². The lowest BCUT2D eigenvalue weighted by atomic mass is 10.2. The highest BCUT2D eigenvalue weighted by Crippen LogP contribution is 2.52. The second kappa shape index (κ2) is 4.89. The molecule has 0 N–H and O–H groups in total. The second-order valence-electron chi connectivity index (χ2n) is 4.67. The number of alkyl halides is 1. The molecule has 0 radical (unpaired) electrons. The summed E-state index contributed by atoms with van der Waals surface area (Å²) in [7, 11) is 1.69. The molecule has 2 rings (SSSR count). The highest BCUT2D eigenvalue weighted by Gasteiger charge is 2.48. The van der Waals surface area contributed by atoms with Crippen molar-refractivity contribution in [1.82, 2.24) is 0 Å². The molecule has 0 saturated heterocycles. The van der Waals surface area contributed by atoms with Crippen molar-refractivity contribution in [1.29, 1.82) is 0 Å². The molecule has 0 amide bonds. The van der Waals surface area contributed by atoms with Crippen LogP contribution in [-0.2, 0) is 5.75 Å². The highest BCUT2D eigenvalue weighted by atomic mass is 35.5. The van der Waals surface area contributed by atoms with E-state index in [2.05, 4.69) is 19.1 Å². The first kappa shape index (κ1) is 12.1. The minimum Gasteiger partial charge on any atom is -0.497 e. The van der Waals surface area contributed by atoms with Crippen molar-refractivity contribution in [3.8, 4) is 5.75 Å². The van der Waals surface area contributed by atoms with Crippen LogP contribution in [-0.4, -0.2) is 18.2 Å². The Labute approximate surface area is 107 Å². The minimum atomic E-state index is 0.388. The molecule has 1 aromatic carbocycles. The molecular formula is C13H17ClOS. The van der Waals surface area contributed by atoms with E-state index in [9.17, 15) is 0 Å². The van der Waals surface area contributed by atoms with Crippen LogP contribution in [0.1, 0.15) is 18.9 Å². The van der Waals surface area contributed by atoms with Gasteiger partial charge in [-0.05, 0) is 29.5 Å². The molecule has 1 aliphatic rings. The fourth-order valence-corrected chi connectivity index (χ4v) is 3.46. The zero-order valence-electron chi connectivity index (χ0n) is 9.70. The second-order valence-corrected chi connectivity index (χ2v) is 6.18. The Morgan fingerprint density at radius 3 is 2.56 bits per heavy atom. The molecule has 1 nitrogen and oxygen atoms in total. The molecule has 1 aliphatic carbocycles. The Morgan fingerprint density at radius 2 is 2.06 bits per heavy atom. The molecule has 1 fully saturated rings. The number of rotatable bonds is 5. The van der Waals surface area contributed by atoms with Crippen LogP contribution in [0.5, 0.6) is 5.75 Å². The van der Waals surface area contributed by atoms with Gasteiger partial charge in [-0.25, -0.2) is 0 Å². The molecule has 3 heteroatoms. The van der Waals surface area contributed by atoms with E-state index >= 15 is 0 Å². The maximum Gasteiger partial charge on any atom is 0.118 e. The monoisotopic (exact) mass is 256 g/mol. The highest BCUT2D eigenvalue weighted by molar-refractivity contribution is 7.98. The van der Waals surface area contributed by atoms with Crippen LogP contribution in [0, 0.1) is 5.41 Å². The fourth-order valence-electron chi connectivity index (χ4n) is 1.62. The summed E-state index contributed by atoms with van der Waals surface area (Å²) in [4.78, 5) is 0. The topological polar surface area (TPSA) is 9.23 Å². The molecule has 0 bridgehead atoms. The predicted octanol–water partition coefficient (Wildman–Crippen LogP) is 3.95. The minimum absolute atomic E-state index is 0.388. The number of hydrogen-bond donors (Lipinski definition) is 0. The van der Waals surface area contributed by atoms with Gasteiger partial charge in [-0.3, -0.25) is 0 Å². The van der Waals surface area contributed by atoms with E-state index in [1.165, 1.54) is 12.0 Å². The van der Waals surface area contributed by atoms with E-state index in [4.69, 9.17) is 16.3 Å². The van der Waals surface area contributed by atoms with E-state index in [0.29, 0.717) is 10.8 Å². The summed E-state index contributed by atoms with van der Waals surface area (Å²) >= 11 is 8.05. The summed E-state index contributed by atoms with van der Waals surface area (Å²) in [5.74, 6) is 3.14. The summed E-state index contributed by atoms with van der Waals surface area (Å²) in [6, 6.07) is 8.27. The summed E-state index contributed by atoms with van der Waals surface area (Å²) in [5, 5.41) is 0.399.